The molecule has 0 amide bonds. The molecule has 1 aliphatic heterocycles. The van der Waals surface area contributed by atoms with Crippen LogP contribution in [0.25, 0.3) is 0 Å². The zero-order valence-corrected chi connectivity index (χ0v) is 8.83. The van der Waals surface area contributed by atoms with E-state index in [2.05, 4.69) is 16.4 Å². The summed E-state index contributed by atoms with van der Waals surface area (Å²) < 4.78 is 0. The van der Waals surface area contributed by atoms with E-state index < -0.39 is 0 Å². The Hall–Kier alpha value is -1.03. The van der Waals surface area contributed by atoms with Gasteiger partial charge in [-0.05, 0) is 18.4 Å². The van der Waals surface area contributed by atoms with Crippen LogP contribution in [0.15, 0.2) is 29.7 Å². The summed E-state index contributed by atoms with van der Waals surface area (Å²) in [5.41, 5.74) is 2.08. The van der Waals surface area contributed by atoms with Gasteiger partial charge in [-0.3, -0.25) is 4.98 Å². The Balaban J connectivity index is 2.02. The molecule has 74 valence electrons. The van der Waals surface area contributed by atoms with E-state index in [1.807, 2.05) is 18.3 Å². The Kier molecular flexibility index (Phi) is 3.03. The Bertz CT molecular complexity index is 326. The molecule has 1 atom stereocenters. The van der Waals surface area contributed by atoms with E-state index in [9.17, 15) is 0 Å². The van der Waals surface area contributed by atoms with Gasteiger partial charge in [0, 0.05) is 30.1 Å². The molecule has 0 spiro atoms. The molecule has 0 saturated carbocycles. The molecule has 4 heteroatoms. The summed E-state index contributed by atoms with van der Waals surface area (Å²) in [7, 11) is 0. The van der Waals surface area contributed by atoms with E-state index in [0.29, 0.717) is 0 Å². The Labute approximate surface area is 87.6 Å². The minimum absolute atomic E-state index is 0.236. The van der Waals surface area contributed by atoms with Crippen LogP contribution in [-0.2, 0) is 4.84 Å². The van der Waals surface area contributed by atoms with Crippen molar-refractivity contribution in [3.8, 4) is 0 Å². The van der Waals surface area contributed by atoms with E-state index in [0.717, 1.165) is 23.4 Å². The van der Waals surface area contributed by atoms with E-state index in [4.69, 9.17) is 4.84 Å². The molecule has 2 rings (SSSR count). The minimum Gasteiger partial charge on any atom is -0.391 e. The molecular weight excluding hydrogens is 196 g/mol. The quantitative estimate of drug-likeness (QED) is 0.761. The standard InChI is InChI=1S/C10H12N2OS/c1-14-7-9-5-10(12-13-9)8-3-2-4-11-6-8/h2-4,6,9H,5,7H2,1H3. The van der Waals surface area contributed by atoms with Gasteiger partial charge >= 0.3 is 0 Å². The highest BCUT2D eigenvalue weighted by atomic mass is 32.2. The molecule has 1 aromatic heterocycles. The van der Waals surface area contributed by atoms with Gasteiger partial charge in [0.2, 0.25) is 0 Å². The van der Waals surface area contributed by atoms with Gasteiger partial charge in [0.05, 0.1) is 5.71 Å². The summed E-state index contributed by atoms with van der Waals surface area (Å²) in [6.45, 7) is 0. The lowest BCUT2D eigenvalue weighted by Crippen LogP contribution is -2.11. The molecule has 0 bridgehead atoms. The summed E-state index contributed by atoms with van der Waals surface area (Å²) in [5.74, 6) is 0.993. The van der Waals surface area contributed by atoms with Gasteiger partial charge in [-0.15, -0.1) is 0 Å². The van der Waals surface area contributed by atoms with Gasteiger partial charge in [0.1, 0.15) is 6.10 Å². The van der Waals surface area contributed by atoms with Crippen LogP contribution in [0.3, 0.4) is 0 Å². The van der Waals surface area contributed by atoms with Crippen LogP contribution in [0, 0.1) is 0 Å². The van der Waals surface area contributed by atoms with Crippen molar-refractivity contribution in [1.82, 2.24) is 4.98 Å². The lowest BCUT2D eigenvalue weighted by atomic mass is 10.1. The summed E-state index contributed by atoms with van der Waals surface area (Å²) in [6, 6.07) is 3.93. The van der Waals surface area contributed by atoms with Crippen molar-refractivity contribution in [2.24, 2.45) is 5.16 Å². The van der Waals surface area contributed by atoms with E-state index >= 15 is 0 Å². The summed E-state index contributed by atoms with van der Waals surface area (Å²) in [5, 5.41) is 4.07. The molecule has 0 aromatic carbocycles. The number of hydrogen-bond acceptors (Lipinski definition) is 4. The fourth-order valence-corrected chi connectivity index (χ4v) is 1.96. The number of nitrogens with zero attached hydrogens (tertiary/aromatic N) is 2. The van der Waals surface area contributed by atoms with E-state index in [1.54, 1.807) is 18.0 Å². The molecule has 2 heterocycles. The van der Waals surface area contributed by atoms with E-state index in [-0.39, 0.29) is 6.10 Å². The molecule has 1 aliphatic rings. The lowest BCUT2D eigenvalue weighted by molar-refractivity contribution is 0.103. The highest BCUT2D eigenvalue weighted by Gasteiger charge is 2.21. The fourth-order valence-electron chi connectivity index (χ4n) is 1.41. The first-order chi connectivity index (χ1) is 6.90. The number of hydrogen-bond donors (Lipinski definition) is 0. The molecule has 1 unspecified atom stereocenters. The van der Waals surface area contributed by atoms with Gasteiger partial charge in [0.25, 0.3) is 0 Å². The van der Waals surface area contributed by atoms with Crippen LogP contribution in [-0.4, -0.2) is 28.8 Å². The Morgan fingerprint density at radius 2 is 2.57 bits per heavy atom. The number of rotatable bonds is 3. The first kappa shape index (κ1) is 9.52. The minimum atomic E-state index is 0.236. The SMILES string of the molecule is CSCC1CC(c2cccnc2)=NO1. The predicted octanol–water partition coefficient (Wildman–Crippen LogP) is 1.94. The molecule has 0 N–H and O–H groups in total. The average Bonchev–Trinajstić information content (AvgIpc) is 2.68. The topological polar surface area (TPSA) is 34.5 Å². The van der Waals surface area contributed by atoms with Gasteiger partial charge in [0.15, 0.2) is 0 Å². The van der Waals surface area contributed by atoms with Crippen LogP contribution < -0.4 is 0 Å². The molecule has 0 radical (unpaired) electrons. The maximum Gasteiger partial charge on any atom is 0.142 e. The van der Waals surface area contributed by atoms with Crippen LogP contribution in [0.4, 0.5) is 0 Å². The van der Waals surface area contributed by atoms with Crippen molar-refractivity contribution in [3.05, 3.63) is 30.1 Å². The lowest BCUT2D eigenvalue weighted by Gasteiger charge is -2.03. The second-order valence-corrected chi connectivity index (χ2v) is 4.08. The molecular formula is C10H12N2OS. The largest absolute Gasteiger partial charge is 0.391 e. The van der Waals surface area contributed by atoms with Crippen LogP contribution in [0.2, 0.25) is 0 Å². The van der Waals surface area contributed by atoms with Gasteiger partial charge in [-0.2, -0.15) is 11.8 Å². The zero-order chi connectivity index (χ0) is 9.80. The number of aromatic nitrogens is 1. The average molecular weight is 208 g/mol. The normalized spacial score (nSPS) is 20.4. The van der Waals surface area contributed by atoms with Crippen molar-refractivity contribution in [3.63, 3.8) is 0 Å². The van der Waals surface area contributed by atoms with Crippen molar-refractivity contribution in [2.45, 2.75) is 12.5 Å². The fraction of sp³-hybridized carbons (Fsp3) is 0.400. The molecule has 14 heavy (non-hydrogen) atoms. The third-order valence-electron chi connectivity index (χ3n) is 2.08. The number of oxime groups is 1. The van der Waals surface area contributed by atoms with E-state index in [1.165, 1.54) is 0 Å². The maximum absolute atomic E-state index is 5.30. The van der Waals surface area contributed by atoms with Crippen LogP contribution in [0.5, 0.6) is 0 Å². The predicted molar refractivity (Wildman–Crippen MR) is 58.6 cm³/mol. The first-order valence-electron chi connectivity index (χ1n) is 4.52. The monoisotopic (exact) mass is 208 g/mol. The highest BCUT2D eigenvalue weighted by Crippen LogP contribution is 2.18. The molecule has 0 saturated heterocycles. The summed E-state index contributed by atoms with van der Waals surface area (Å²) in [6.07, 6.45) is 6.79. The molecule has 0 aliphatic carbocycles. The van der Waals surface area contributed by atoms with Crippen molar-refractivity contribution in [2.75, 3.05) is 12.0 Å². The van der Waals surface area contributed by atoms with Crippen LogP contribution in [0.1, 0.15) is 12.0 Å². The third kappa shape index (κ3) is 2.07. The second-order valence-electron chi connectivity index (χ2n) is 3.17. The molecule has 0 fully saturated rings. The molecule has 1 aromatic rings. The maximum atomic E-state index is 5.30. The van der Waals surface area contributed by atoms with Crippen LogP contribution >= 0.6 is 11.8 Å². The van der Waals surface area contributed by atoms with Crippen molar-refractivity contribution in [1.29, 1.82) is 0 Å². The van der Waals surface area contributed by atoms with Crippen molar-refractivity contribution >= 4 is 17.5 Å². The first-order valence-corrected chi connectivity index (χ1v) is 5.91. The van der Waals surface area contributed by atoms with Gasteiger partial charge in [-0.1, -0.05) is 5.16 Å². The van der Waals surface area contributed by atoms with Gasteiger partial charge in [-0.25, -0.2) is 0 Å². The van der Waals surface area contributed by atoms with Gasteiger partial charge < -0.3 is 4.84 Å². The number of thioether (sulfide) groups is 1. The van der Waals surface area contributed by atoms with Crippen molar-refractivity contribution < 1.29 is 4.84 Å². The molecule has 3 nitrogen and oxygen atoms in total. The second kappa shape index (κ2) is 4.46. The number of pyridine rings is 1. The Morgan fingerprint density at radius 1 is 1.64 bits per heavy atom. The summed E-state index contributed by atoms with van der Waals surface area (Å²) >= 11 is 1.78. The Morgan fingerprint density at radius 3 is 3.29 bits per heavy atom. The summed E-state index contributed by atoms with van der Waals surface area (Å²) in [4.78, 5) is 9.36. The highest BCUT2D eigenvalue weighted by molar-refractivity contribution is 7.98. The smallest absolute Gasteiger partial charge is 0.142 e. The third-order valence-corrected chi connectivity index (χ3v) is 2.79. The zero-order valence-electron chi connectivity index (χ0n) is 8.01.